The molecule has 1 atom stereocenters. The fraction of sp³-hybridized carbons (Fsp3) is 0.571. The summed E-state index contributed by atoms with van der Waals surface area (Å²) in [5.74, 6) is -0.260. The van der Waals surface area contributed by atoms with Gasteiger partial charge in [-0.05, 0) is 0 Å². The van der Waals surface area contributed by atoms with Crippen molar-refractivity contribution in [3.05, 3.63) is 12.2 Å². The van der Waals surface area contributed by atoms with Gasteiger partial charge >= 0.3 is 0 Å². The number of nitrogens with one attached hydrogen (secondary N) is 1. The molecule has 0 saturated heterocycles. The van der Waals surface area contributed by atoms with Gasteiger partial charge in [0, 0.05) is 19.0 Å². The monoisotopic (exact) mass is 192 g/mol. The summed E-state index contributed by atoms with van der Waals surface area (Å²) in [4.78, 5) is 10.3. The lowest BCUT2D eigenvalue weighted by atomic mass is 10.3. The minimum absolute atomic E-state index is 0.169. The van der Waals surface area contributed by atoms with Gasteiger partial charge in [-0.15, -0.1) is 11.6 Å². The highest BCUT2D eigenvalue weighted by molar-refractivity contribution is 6.18. The van der Waals surface area contributed by atoms with Gasteiger partial charge in [-0.25, -0.2) is 0 Å². The molecule has 0 aromatic carbocycles. The molecule has 0 radical (unpaired) electrons. The van der Waals surface area contributed by atoms with Gasteiger partial charge in [-0.2, -0.15) is 0 Å². The summed E-state index contributed by atoms with van der Waals surface area (Å²) in [6, 6.07) is 0. The summed E-state index contributed by atoms with van der Waals surface area (Å²) in [6.45, 7) is 0.735. The molecule has 0 spiro atoms. The zero-order valence-electron chi connectivity index (χ0n) is 6.66. The Hall–Kier alpha value is -0.580. The first-order chi connectivity index (χ1) is 5.68. The Bertz CT molecular complexity index is 161. The van der Waals surface area contributed by atoms with Crippen LogP contribution in [0.25, 0.3) is 0 Å². The molecule has 0 rings (SSSR count). The van der Waals surface area contributed by atoms with Crippen molar-refractivity contribution in [3.8, 4) is 0 Å². The maximum Gasteiger partial charge on any atom is 0.247 e. The number of alkyl halides is 1. The molecule has 12 heavy (non-hydrogen) atoms. The number of hydrogen-bond acceptors (Lipinski definition) is 3. The quantitative estimate of drug-likeness (QED) is 0.294. The third-order valence-electron chi connectivity index (χ3n) is 1.18. The van der Waals surface area contributed by atoms with Gasteiger partial charge in [-0.3, -0.25) is 4.79 Å². The molecule has 1 amide bonds. The lowest BCUT2D eigenvalue weighted by molar-refractivity contribution is -0.125. The second kappa shape index (κ2) is 7.09. The maximum atomic E-state index is 10.3. The minimum Gasteiger partial charge on any atom is -0.382 e. The van der Waals surface area contributed by atoms with Crippen LogP contribution in [0.1, 0.15) is 0 Å². The highest BCUT2D eigenvalue weighted by Gasteiger charge is 2.08. The number of aliphatic hydroxyl groups is 1. The minimum atomic E-state index is -1.12. The van der Waals surface area contributed by atoms with Crippen LogP contribution in [0.4, 0.5) is 0 Å². The van der Waals surface area contributed by atoms with E-state index in [4.69, 9.17) is 22.4 Å². The molecule has 70 valence electrons. The fourth-order valence-electron chi connectivity index (χ4n) is 0.550. The number of rotatable bonds is 6. The van der Waals surface area contributed by atoms with E-state index in [1.807, 2.05) is 0 Å². The fourth-order valence-corrected chi connectivity index (χ4v) is 0.676. The Morgan fingerprint density at radius 2 is 2.33 bits per heavy atom. The first-order valence-corrected chi connectivity index (χ1v) is 4.11. The molecule has 0 aromatic rings. The van der Waals surface area contributed by atoms with Gasteiger partial charge in [0.1, 0.15) is 6.10 Å². The first kappa shape index (κ1) is 11.4. The molecule has 0 bridgehead atoms. The zero-order valence-corrected chi connectivity index (χ0v) is 7.42. The predicted molar refractivity (Wildman–Crippen MR) is 47.9 cm³/mol. The maximum absolute atomic E-state index is 10.3. The van der Waals surface area contributed by atoms with Gasteiger partial charge in [0.05, 0.1) is 0 Å². The van der Waals surface area contributed by atoms with E-state index < -0.39 is 12.0 Å². The average molecular weight is 193 g/mol. The Morgan fingerprint density at radius 1 is 1.67 bits per heavy atom. The molecule has 0 aliphatic carbocycles. The van der Waals surface area contributed by atoms with Crippen LogP contribution in [-0.4, -0.2) is 36.1 Å². The van der Waals surface area contributed by atoms with E-state index in [1.54, 1.807) is 12.2 Å². The second-order valence-electron chi connectivity index (χ2n) is 2.20. The smallest absolute Gasteiger partial charge is 0.247 e. The van der Waals surface area contributed by atoms with Crippen LogP contribution in [0, 0.1) is 0 Å². The third kappa shape index (κ3) is 6.15. The Kier molecular flexibility index (Phi) is 6.75. The zero-order chi connectivity index (χ0) is 9.40. The van der Waals surface area contributed by atoms with Crippen molar-refractivity contribution in [1.29, 1.82) is 0 Å². The number of carbonyl (C=O) groups excluding carboxylic acids is 1. The van der Waals surface area contributed by atoms with Crippen LogP contribution in [-0.2, 0) is 4.79 Å². The van der Waals surface area contributed by atoms with Crippen LogP contribution in [0.2, 0.25) is 0 Å². The topological polar surface area (TPSA) is 75.4 Å². The SMILES string of the molecule is NC(=O)C(O)CNC/C=C/CCl. The number of amides is 1. The number of primary amides is 1. The molecule has 4 nitrogen and oxygen atoms in total. The lowest BCUT2D eigenvalue weighted by Gasteiger charge is -2.05. The molecule has 5 heteroatoms. The molecule has 1 unspecified atom stereocenters. The molecule has 0 aliphatic rings. The van der Waals surface area contributed by atoms with Gasteiger partial charge < -0.3 is 16.2 Å². The number of hydrogen-bond donors (Lipinski definition) is 3. The van der Waals surface area contributed by atoms with E-state index in [9.17, 15) is 4.79 Å². The molecule has 0 saturated carbocycles. The van der Waals surface area contributed by atoms with E-state index >= 15 is 0 Å². The van der Waals surface area contributed by atoms with Gasteiger partial charge in [0.25, 0.3) is 0 Å². The van der Waals surface area contributed by atoms with E-state index in [1.165, 1.54) is 0 Å². The Morgan fingerprint density at radius 3 is 2.83 bits per heavy atom. The molecule has 0 fully saturated rings. The summed E-state index contributed by atoms with van der Waals surface area (Å²) >= 11 is 5.36. The number of carbonyl (C=O) groups is 1. The largest absolute Gasteiger partial charge is 0.382 e. The van der Waals surface area contributed by atoms with Crippen LogP contribution in [0.5, 0.6) is 0 Å². The molecule has 0 aliphatic heterocycles. The summed E-state index contributed by atoms with van der Waals surface area (Å²) in [6.07, 6.45) is 2.46. The van der Waals surface area contributed by atoms with E-state index in [-0.39, 0.29) is 6.54 Å². The van der Waals surface area contributed by atoms with Gasteiger partial charge in [0.15, 0.2) is 0 Å². The van der Waals surface area contributed by atoms with Crippen molar-refractivity contribution in [1.82, 2.24) is 5.32 Å². The van der Waals surface area contributed by atoms with Crippen molar-refractivity contribution in [2.45, 2.75) is 6.10 Å². The number of allylic oxidation sites excluding steroid dienone is 1. The van der Waals surface area contributed by atoms with Crippen LogP contribution < -0.4 is 11.1 Å². The highest BCUT2D eigenvalue weighted by atomic mass is 35.5. The average Bonchev–Trinajstić information content (AvgIpc) is 2.03. The predicted octanol–water partition coefficient (Wildman–Crippen LogP) is -0.783. The normalized spacial score (nSPS) is 13.5. The third-order valence-corrected chi connectivity index (χ3v) is 1.36. The molecule has 0 aromatic heterocycles. The van der Waals surface area contributed by atoms with Gasteiger partial charge in [-0.1, -0.05) is 12.2 Å². The molecule has 0 heterocycles. The summed E-state index contributed by atoms with van der Waals surface area (Å²) in [5, 5.41) is 11.7. The van der Waals surface area contributed by atoms with E-state index in [0.29, 0.717) is 12.4 Å². The van der Waals surface area contributed by atoms with Crippen molar-refractivity contribution in [3.63, 3.8) is 0 Å². The van der Waals surface area contributed by atoms with E-state index in [2.05, 4.69) is 5.32 Å². The summed E-state index contributed by atoms with van der Waals surface area (Å²) in [5.41, 5.74) is 4.81. The van der Waals surface area contributed by atoms with Gasteiger partial charge in [0.2, 0.25) is 5.91 Å². The van der Waals surface area contributed by atoms with Crippen molar-refractivity contribution >= 4 is 17.5 Å². The Balaban J connectivity index is 3.31. The first-order valence-electron chi connectivity index (χ1n) is 3.57. The molecular formula is C7H13ClN2O2. The van der Waals surface area contributed by atoms with Crippen molar-refractivity contribution in [2.75, 3.05) is 19.0 Å². The standard InChI is InChI=1S/C7H13ClN2O2/c8-3-1-2-4-10-5-6(11)7(9)12/h1-2,6,10-11H,3-5H2,(H2,9,12)/b2-1+. The molecule has 4 N–H and O–H groups in total. The van der Waals surface area contributed by atoms with Crippen LogP contribution in [0.3, 0.4) is 0 Å². The van der Waals surface area contributed by atoms with Crippen molar-refractivity contribution in [2.24, 2.45) is 5.73 Å². The number of nitrogens with two attached hydrogens (primary N) is 1. The lowest BCUT2D eigenvalue weighted by Crippen LogP contribution is -2.37. The second-order valence-corrected chi connectivity index (χ2v) is 2.51. The number of aliphatic hydroxyl groups excluding tert-OH is 1. The summed E-state index contributed by atoms with van der Waals surface area (Å²) < 4.78 is 0. The van der Waals surface area contributed by atoms with Crippen LogP contribution in [0.15, 0.2) is 12.2 Å². The van der Waals surface area contributed by atoms with Crippen LogP contribution >= 0.6 is 11.6 Å². The Labute approximate surface area is 76.4 Å². The van der Waals surface area contributed by atoms with Crippen molar-refractivity contribution < 1.29 is 9.90 Å². The highest BCUT2D eigenvalue weighted by Crippen LogP contribution is 1.79. The number of halogens is 1. The van der Waals surface area contributed by atoms with E-state index in [0.717, 1.165) is 0 Å². The summed E-state index contributed by atoms with van der Waals surface area (Å²) in [7, 11) is 0. The molecular weight excluding hydrogens is 180 g/mol.